The van der Waals surface area contributed by atoms with Crippen molar-refractivity contribution in [2.45, 2.75) is 19.3 Å². The Balaban J connectivity index is 1.40. The Kier molecular flexibility index (Phi) is 4.73. The summed E-state index contributed by atoms with van der Waals surface area (Å²) in [4.78, 5) is 26.0. The number of anilines is 1. The van der Waals surface area contributed by atoms with Crippen LogP contribution in [0.25, 0.3) is 0 Å². The Hall–Kier alpha value is -3.20. The molecule has 0 saturated carbocycles. The highest BCUT2D eigenvalue weighted by molar-refractivity contribution is 7.07. The van der Waals surface area contributed by atoms with Gasteiger partial charge in [-0.15, -0.1) is 11.3 Å². The van der Waals surface area contributed by atoms with Crippen molar-refractivity contribution in [2.24, 2.45) is 0 Å². The van der Waals surface area contributed by atoms with Crippen LogP contribution in [0.2, 0.25) is 0 Å². The van der Waals surface area contributed by atoms with Crippen LogP contribution in [0, 0.1) is 0 Å². The fraction of sp³-hybridized carbons (Fsp3) is 0.300. The van der Waals surface area contributed by atoms with Gasteiger partial charge < -0.3 is 20.1 Å². The van der Waals surface area contributed by atoms with Gasteiger partial charge in [0.1, 0.15) is 17.3 Å². The third kappa shape index (κ3) is 3.73. The van der Waals surface area contributed by atoms with Crippen LogP contribution in [0.5, 0.6) is 11.5 Å². The van der Waals surface area contributed by atoms with Crippen molar-refractivity contribution in [2.75, 3.05) is 25.2 Å². The first-order valence-corrected chi connectivity index (χ1v) is 10.4. The van der Waals surface area contributed by atoms with E-state index in [0.29, 0.717) is 37.4 Å². The third-order valence-corrected chi connectivity index (χ3v) is 5.52. The molecule has 0 aliphatic carbocycles. The molecule has 0 saturated heterocycles. The van der Waals surface area contributed by atoms with Crippen LogP contribution in [-0.4, -0.2) is 40.7 Å². The van der Waals surface area contributed by atoms with E-state index in [0.717, 1.165) is 40.6 Å². The van der Waals surface area contributed by atoms with Gasteiger partial charge in [0, 0.05) is 36.9 Å². The van der Waals surface area contributed by atoms with E-state index in [4.69, 9.17) is 14.5 Å². The molecule has 4 heterocycles. The summed E-state index contributed by atoms with van der Waals surface area (Å²) in [5, 5.41) is 8.29. The maximum atomic E-state index is 12.4. The number of thiazole rings is 1. The first-order chi connectivity index (χ1) is 14.3. The Morgan fingerprint density at radius 3 is 3.03 bits per heavy atom. The molecule has 2 N–H and O–H groups in total. The van der Waals surface area contributed by atoms with Gasteiger partial charge >= 0.3 is 0 Å². The maximum Gasteiger partial charge on any atom is 0.270 e. The monoisotopic (exact) mass is 409 g/mol. The van der Waals surface area contributed by atoms with Crippen molar-refractivity contribution in [3.05, 3.63) is 57.4 Å². The standard InChI is InChI=1S/C20H19N5O3S/c26-20-18-14(4-6-22-20)19(21-5-3-13-9-29-10-23-13)25-17(24-18)8-12-1-2-15-16(7-12)28-11-27-15/h1-2,7,9-10H,3-6,8,11H2,(H,22,26)(H,21,24,25). The van der Waals surface area contributed by atoms with Gasteiger partial charge in [0.2, 0.25) is 6.79 Å². The van der Waals surface area contributed by atoms with Crippen molar-refractivity contribution in [3.8, 4) is 11.5 Å². The van der Waals surface area contributed by atoms with Crippen molar-refractivity contribution in [1.82, 2.24) is 20.3 Å². The summed E-state index contributed by atoms with van der Waals surface area (Å²) in [6.45, 7) is 1.52. The van der Waals surface area contributed by atoms with Gasteiger partial charge in [0.25, 0.3) is 5.91 Å². The van der Waals surface area contributed by atoms with E-state index in [2.05, 4.69) is 20.6 Å². The van der Waals surface area contributed by atoms with E-state index in [-0.39, 0.29) is 12.7 Å². The molecule has 148 valence electrons. The smallest absolute Gasteiger partial charge is 0.270 e. The van der Waals surface area contributed by atoms with Crippen LogP contribution in [0.15, 0.2) is 29.1 Å². The third-order valence-electron chi connectivity index (χ3n) is 4.89. The number of fused-ring (bicyclic) bond motifs is 2. The van der Waals surface area contributed by atoms with Crippen molar-refractivity contribution >= 4 is 23.1 Å². The van der Waals surface area contributed by atoms with Crippen molar-refractivity contribution in [3.63, 3.8) is 0 Å². The number of nitrogens with one attached hydrogen (secondary N) is 2. The zero-order chi connectivity index (χ0) is 19.6. The maximum absolute atomic E-state index is 12.4. The predicted octanol–water partition coefficient (Wildman–Crippen LogP) is 2.19. The quantitative estimate of drug-likeness (QED) is 0.644. The molecule has 9 heteroatoms. The van der Waals surface area contributed by atoms with Gasteiger partial charge in [-0.25, -0.2) is 15.0 Å². The summed E-state index contributed by atoms with van der Waals surface area (Å²) in [6, 6.07) is 5.78. The highest BCUT2D eigenvalue weighted by Crippen LogP contribution is 2.33. The Morgan fingerprint density at radius 1 is 1.21 bits per heavy atom. The molecule has 0 unspecified atom stereocenters. The summed E-state index contributed by atoms with van der Waals surface area (Å²) >= 11 is 1.58. The van der Waals surface area contributed by atoms with Crippen LogP contribution in [0.4, 0.5) is 5.82 Å². The minimum atomic E-state index is -0.150. The summed E-state index contributed by atoms with van der Waals surface area (Å²) in [5.41, 5.74) is 5.21. The lowest BCUT2D eigenvalue weighted by Crippen LogP contribution is -2.34. The molecule has 3 aromatic rings. The lowest BCUT2D eigenvalue weighted by atomic mass is 10.1. The first kappa shape index (κ1) is 17.9. The predicted molar refractivity (Wildman–Crippen MR) is 108 cm³/mol. The number of amides is 1. The van der Waals surface area contributed by atoms with Gasteiger partial charge in [-0.3, -0.25) is 4.79 Å². The number of benzene rings is 1. The molecule has 0 atom stereocenters. The molecule has 29 heavy (non-hydrogen) atoms. The SMILES string of the molecule is O=C1NCCc2c(NCCc3cscn3)nc(Cc3ccc4c(c3)OCO4)nc21. The molecule has 8 nitrogen and oxygen atoms in total. The zero-order valence-electron chi connectivity index (χ0n) is 15.6. The first-order valence-electron chi connectivity index (χ1n) is 9.44. The van der Waals surface area contributed by atoms with Crippen LogP contribution in [-0.2, 0) is 19.3 Å². The number of hydrogen-bond donors (Lipinski definition) is 2. The summed E-state index contributed by atoms with van der Waals surface area (Å²) in [6.07, 6.45) is 2.01. The zero-order valence-corrected chi connectivity index (χ0v) is 16.4. The fourth-order valence-corrected chi connectivity index (χ4v) is 4.06. The van der Waals surface area contributed by atoms with E-state index in [1.165, 1.54) is 0 Å². The minimum Gasteiger partial charge on any atom is -0.454 e. The van der Waals surface area contributed by atoms with Gasteiger partial charge in [-0.05, 0) is 24.1 Å². The van der Waals surface area contributed by atoms with Crippen LogP contribution >= 0.6 is 11.3 Å². The number of ether oxygens (including phenoxy) is 2. The summed E-state index contributed by atoms with van der Waals surface area (Å²) in [5.74, 6) is 2.64. The highest BCUT2D eigenvalue weighted by Gasteiger charge is 2.24. The number of rotatable bonds is 6. The molecule has 5 rings (SSSR count). The number of carbonyl (C=O) groups is 1. The van der Waals surface area contributed by atoms with E-state index >= 15 is 0 Å². The van der Waals surface area contributed by atoms with E-state index < -0.39 is 0 Å². The molecule has 1 amide bonds. The largest absolute Gasteiger partial charge is 0.454 e. The average Bonchev–Trinajstić information content (AvgIpc) is 3.40. The van der Waals surface area contributed by atoms with Crippen LogP contribution < -0.4 is 20.1 Å². The molecule has 0 bridgehead atoms. The molecule has 2 aliphatic rings. The lowest BCUT2D eigenvalue weighted by molar-refractivity contribution is 0.0940. The van der Waals surface area contributed by atoms with Crippen LogP contribution in [0.1, 0.15) is 33.1 Å². The second-order valence-electron chi connectivity index (χ2n) is 6.84. The Labute approximate surface area is 171 Å². The average molecular weight is 409 g/mol. The lowest BCUT2D eigenvalue weighted by Gasteiger charge is -2.20. The molecule has 0 spiro atoms. The van der Waals surface area contributed by atoms with Crippen molar-refractivity contribution in [1.29, 1.82) is 0 Å². The molecule has 0 fully saturated rings. The molecule has 0 radical (unpaired) electrons. The Bertz CT molecular complexity index is 1050. The van der Waals surface area contributed by atoms with E-state index in [1.54, 1.807) is 11.3 Å². The van der Waals surface area contributed by atoms with Gasteiger partial charge in [0.15, 0.2) is 11.5 Å². The summed E-state index contributed by atoms with van der Waals surface area (Å²) < 4.78 is 10.8. The Morgan fingerprint density at radius 2 is 2.14 bits per heavy atom. The topological polar surface area (TPSA) is 98.3 Å². The fourth-order valence-electron chi connectivity index (χ4n) is 3.47. The highest BCUT2D eigenvalue weighted by atomic mass is 32.1. The molecular formula is C20H19N5O3S. The molecule has 2 aliphatic heterocycles. The normalized spacial score (nSPS) is 14.4. The van der Waals surface area contributed by atoms with Gasteiger partial charge in [-0.1, -0.05) is 6.07 Å². The van der Waals surface area contributed by atoms with Gasteiger partial charge in [-0.2, -0.15) is 0 Å². The second kappa shape index (κ2) is 7.67. The number of hydrogen-bond acceptors (Lipinski definition) is 8. The van der Waals surface area contributed by atoms with Crippen molar-refractivity contribution < 1.29 is 14.3 Å². The molecule has 1 aromatic carbocycles. The molecular weight excluding hydrogens is 390 g/mol. The van der Waals surface area contributed by atoms with Gasteiger partial charge in [0.05, 0.1) is 11.2 Å². The van der Waals surface area contributed by atoms with E-state index in [1.807, 2.05) is 29.1 Å². The number of nitrogens with zero attached hydrogens (tertiary/aromatic N) is 3. The van der Waals surface area contributed by atoms with Crippen LogP contribution in [0.3, 0.4) is 0 Å². The van der Waals surface area contributed by atoms with E-state index in [9.17, 15) is 4.79 Å². The summed E-state index contributed by atoms with van der Waals surface area (Å²) in [7, 11) is 0. The number of carbonyl (C=O) groups excluding carboxylic acids is 1. The minimum absolute atomic E-state index is 0.150. The number of aromatic nitrogens is 3. The molecule has 2 aromatic heterocycles. The second-order valence-corrected chi connectivity index (χ2v) is 7.56.